The summed E-state index contributed by atoms with van der Waals surface area (Å²) in [5, 5.41) is 2.67. The van der Waals surface area contributed by atoms with E-state index in [-0.39, 0.29) is 22.1 Å². The zero-order chi connectivity index (χ0) is 24.9. The van der Waals surface area contributed by atoms with Crippen LogP contribution in [0.4, 0.5) is 11.4 Å². The topological polar surface area (TPSA) is 102 Å². The minimum atomic E-state index is -4.13. The van der Waals surface area contributed by atoms with E-state index in [9.17, 15) is 18.0 Å². The Bertz CT molecular complexity index is 1300. The van der Waals surface area contributed by atoms with Gasteiger partial charge < -0.3 is 14.8 Å². The molecule has 1 amide bonds. The maximum absolute atomic E-state index is 13.6. The van der Waals surface area contributed by atoms with Crippen LogP contribution in [0, 0.1) is 6.92 Å². The zero-order valence-corrected chi connectivity index (χ0v) is 20.2. The van der Waals surface area contributed by atoms with Crippen molar-refractivity contribution >= 4 is 33.1 Å². The van der Waals surface area contributed by atoms with Gasteiger partial charge in [0, 0.05) is 17.3 Å². The highest BCUT2D eigenvalue weighted by Gasteiger charge is 2.29. The largest absolute Gasteiger partial charge is 0.497 e. The van der Waals surface area contributed by atoms with Crippen LogP contribution >= 0.6 is 0 Å². The summed E-state index contributed by atoms with van der Waals surface area (Å²) in [4.78, 5) is 24.7. The van der Waals surface area contributed by atoms with Crippen LogP contribution in [-0.4, -0.2) is 40.9 Å². The molecule has 3 aromatic rings. The van der Waals surface area contributed by atoms with Gasteiger partial charge in [-0.15, -0.1) is 0 Å². The number of rotatable bonds is 9. The third-order valence-electron chi connectivity index (χ3n) is 5.10. The molecule has 9 heteroatoms. The highest BCUT2D eigenvalue weighted by molar-refractivity contribution is 7.92. The number of ether oxygens (including phenoxy) is 2. The number of anilines is 2. The Morgan fingerprint density at radius 3 is 2.26 bits per heavy atom. The van der Waals surface area contributed by atoms with Crippen LogP contribution in [0.3, 0.4) is 0 Å². The van der Waals surface area contributed by atoms with Gasteiger partial charge in [-0.3, -0.25) is 13.9 Å². The molecular weight excluding hydrogens is 456 g/mol. The number of carbonyl (C=O) groups excluding carboxylic acids is 2. The number of nitrogens with zero attached hydrogens (tertiary/aromatic N) is 1. The molecule has 0 aliphatic rings. The molecule has 0 atom stereocenters. The number of ketones is 1. The summed E-state index contributed by atoms with van der Waals surface area (Å²) in [6, 6.07) is 17.4. The van der Waals surface area contributed by atoms with E-state index in [0.29, 0.717) is 17.0 Å². The lowest BCUT2D eigenvalue weighted by Crippen LogP contribution is -2.38. The first-order valence-corrected chi connectivity index (χ1v) is 11.8. The molecule has 34 heavy (non-hydrogen) atoms. The second-order valence-electron chi connectivity index (χ2n) is 7.55. The highest BCUT2D eigenvalue weighted by Crippen LogP contribution is 2.35. The van der Waals surface area contributed by atoms with Gasteiger partial charge in [0.15, 0.2) is 5.78 Å². The average molecular weight is 483 g/mol. The molecule has 0 saturated heterocycles. The van der Waals surface area contributed by atoms with Gasteiger partial charge in [-0.05, 0) is 50.2 Å². The lowest BCUT2D eigenvalue weighted by molar-refractivity contribution is -0.114. The maximum Gasteiger partial charge on any atom is 0.264 e. The van der Waals surface area contributed by atoms with E-state index in [0.717, 1.165) is 9.87 Å². The summed E-state index contributed by atoms with van der Waals surface area (Å²) >= 11 is 0. The number of amides is 1. The van der Waals surface area contributed by atoms with E-state index in [1.807, 2.05) is 6.92 Å². The average Bonchev–Trinajstić information content (AvgIpc) is 2.82. The number of Topliss-reactive ketones (excluding diaryl/α,β-unsaturated/α-hetero) is 1. The Kier molecular flexibility index (Phi) is 7.57. The van der Waals surface area contributed by atoms with Crippen LogP contribution in [-0.2, 0) is 14.8 Å². The van der Waals surface area contributed by atoms with Gasteiger partial charge in [-0.25, -0.2) is 8.42 Å². The summed E-state index contributed by atoms with van der Waals surface area (Å²) < 4.78 is 38.8. The lowest BCUT2D eigenvalue weighted by atomic mass is 10.1. The molecule has 8 nitrogen and oxygen atoms in total. The van der Waals surface area contributed by atoms with E-state index in [1.165, 1.54) is 45.4 Å². The molecule has 0 heterocycles. The molecule has 0 spiro atoms. The fourth-order valence-corrected chi connectivity index (χ4v) is 4.71. The first-order chi connectivity index (χ1) is 16.1. The third kappa shape index (κ3) is 5.55. The summed E-state index contributed by atoms with van der Waals surface area (Å²) in [7, 11) is -1.25. The van der Waals surface area contributed by atoms with Gasteiger partial charge in [0.2, 0.25) is 5.91 Å². The van der Waals surface area contributed by atoms with E-state index in [2.05, 4.69) is 5.32 Å². The highest BCUT2D eigenvalue weighted by atomic mass is 32.2. The van der Waals surface area contributed by atoms with Crippen LogP contribution < -0.4 is 19.1 Å². The number of nitrogens with one attached hydrogen (secondary N) is 1. The number of methoxy groups -OCH3 is 2. The molecule has 0 aliphatic carbocycles. The minimum absolute atomic E-state index is 0.0300. The predicted octanol–water partition coefficient (Wildman–Crippen LogP) is 4.05. The monoisotopic (exact) mass is 482 g/mol. The van der Waals surface area contributed by atoms with Crippen molar-refractivity contribution in [3.63, 3.8) is 0 Å². The minimum Gasteiger partial charge on any atom is -0.497 e. The van der Waals surface area contributed by atoms with Gasteiger partial charge in [0.05, 0.1) is 24.8 Å². The van der Waals surface area contributed by atoms with Gasteiger partial charge in [0.25, 0.3) is 10.0 Å². The van der Waals surface area contributed by atoms with Gasteiger partial charge in [0.1, 0.15) is 18.0 Å². The molecular formula is C25H26N2O6S. The van der Waals surface area contributed by atoms with Crippen molar-refractivity contribution in [3.05, 3.63) is 77.9 Å². The number of carbonyl (C=O) groups is 2. The molecule has 1 N–H and O–H groups in total. The first-order valence-electron chi connectivity index (χ1n) is 10.4. The molecule has 0 saturated carbocycles. The number of sulfonamides is 1. The number of hydrogen-bond acceptors (Lipinski definition) is 6. The van der Waals surface area contributed by atoms with Crippen molar-refractivity contribution in [2.75, 3.05) is 30.4 Å². The second kappa shape index (κ2) is 10.4. The summed E-state index contributed by atoms with van der Waals surface area (Å²) in [6.07, 6.45) is 0. The van der Waals surface area contributed by atoms with Crippen LogP contribution in [0.15, 0.2) is 71.6 Å². The Morgan fingerprint density at radius 2 is 1.65 bits per heavy atom. The maximum atomic E-state index is 13.6. The van der Waals surface area contributed by atoms with Gasteiger partial charge in [-0.1, -0.05) is 29.8 Å². The van der Waals surface area contributed by atoms with Crippen LogP contribution in [0.2, 0.25) is 0 Å². The summed E-state index contributed by atoms with van der Waals surface area (Å²) in [5.41, 5.74) is 1.89. The van der Waals surface area contributed by atoms with Crippen molar-refractivity contribution in [2.24, 2.45) is 0 Å². The fourth-order valence-electron chi connectivity index (χ4n) is 3.27. The number of benzene rings is 3. The van der Waals surface area contributed by atoms with Gasteiger partial charge >= 0.3 is 0 Å². The Morgan fingerprint density at radius 1 is 0.941 bits per heavy atom. The second-order valence-corrected chi connectivity index (χ2v) is 9.41. The van der Waals surface area contributed by atoms with Crippen molar-refractivity contribution in [2.45, 2.75) is 18.7 Å². The zero-order valence-electron chi connectivity index (χ0n) is 19.4. The van der Waals surface area contributed by atoms with E-state index in [1.54, 1.807) is 42.5 Å². The SMILES string of the molecule is COc1ccc(N(CC(=O)Nc2cccc(C(C)=O)c2)S(=O)(=O)c2ccc(C)cc2)c(OC)c1. The fraction of sp³-hybridized carbons (Fsp3) is 0.200. The molecule has 0 aliphatic heterocycles. The quantitative estimate of drug-likeness (QED) is 0.462. The molecule has 0 bridgehead atoms. The summed E-state index contributed by atoms with van der Waals surface area (Å²) in [6.45, 7) is 2.75. The number of aryl methyl sites for hydroxylation is 1. The smallest absolute Gasteiger partial charge is 0.264 e. The normalized spacial score (nSPS) is 10.9. The van der Waals surface area contributed by atoms with Gasteiger partial charge in [-0.2, -0.15) is 0 Å². The van der Waals surface area contributed by atoms with Crippen LogP contribution in [0.1, 0.15) is 22.8 Å². The molecule has 0 radical (unpaired) electrons. The van der Waals surface area contributed by atoms with E-state index in [4.69, 9.17) is 9.47 Å². The first kappa shape index (κ1) is 24.8. The molecule has 0 unspecified atom stereocenters. The van der Waals surface area contributed by atoms with E-state index >= 15 is 0 Å². The van der Waals surface area contributed by atoms with Crippen LogP contribution in [0.5, 0.6) is 11.5 Å². The molecule has 178 valence electrons. The molecule has 3 rings (SSSR count). The van der Waals surface area contributed by atoms with Crippen molar-refractivity contribution < 1.29 is 27.5 Å². The predicted molar refractivity (Wildman–Crippen MR) is 130 cm³/mol. The number of hydrogen-bond donors (Lipinski definition) is 1. The van der Waals surface area contributed by atoms with Crippen molar-refractivity contribution in [3.8, 4) is 11.5 Å². The Labute approximate surface area is 199 Å². The Balaban J connectivity index is 2.02. The summed E-state index contributed by atoms with van der Waals surface area (Å²) in [5.74, 6) is -0.0444. The third-order valence-corrected chi connectivity index (χ3v) is 6.88. The van der Waals surface area contributed by atoms with Crippen molar-refractivity contribution in [1.29, 1.82) is 0 Å². The Hall–Kier alpha value is -3.85. The van der Waals surface area contributed by atoms with E-state index < -0.39 is 22.5 Å². The van der Waals surface area contributed by atoms with Crippen LogP contribution in [0.25, 0.3) is 0 Å². The van der Waals surface area contributed by atoms with Crippen molar-refractivity contribution in [1.82, 2.24) is 0 Å². The molecule has 0 aromatic heterocycles. The standard InChI is InChI=1S/C25H26N2O6S/c1-17-8-11-22(12-9-17)34(30,31)27(23-13-10-21(32-3)15-24(23)33-4)16-25(29)26-20-7-5-6-19(14-20)18(2)28/h5-15H,16H2,1-4H3,(H,26,29). The molecule has 3 aromatic carbocycles. The lowest BCUT2D eigenvalue weighted by Gasteiger charge is -2.26. The molecule has 0 fully saturated rings.